The van der Waals surface area contributed by atoms with Crippen LogP contribution < -0.4 is 10.2 Å². The second kappa shape index (κ2) is 7.34. The molecule has 0 radical (unpaired) electrons. The highest BCUT2D eigenvalue weighted by Crippen LogP contribution is 2.30. The van der Waals surface area contributed by atoms with Crippen LogP contribution in [0.15, 0.2) is 42.5 Å². The Morgan fingerprint density at radius 2 is 2.00 bits per heavy atom. The number of carbonyl (C=O) groups is 2. The van der Waals surface area contributed by atoms with Crippen LogP contribution in [0.4, 0.5) is 15.8 Å². The van der Waals surface area contributed by atoms with Crippen LogP contribution in [0.1, 0.15) is 22.3 Å². The molecule has 0 atom stereocenters. The van der Waals surface area contributed by atoms with E-state index in [1.165, 1.54) is 19.2 Å². The van der Waals surface area contributed by atoms with E-state index < -0.39 is 5.82 Å². The molecule has 0 saturated heterocycles. The number of amides is 1. The van der Waals surface area contributed by atoms with Crippen molar-refractivity contribution < 1.29 is 18.7 Å². The largest absolute Gasteiger partial charge is 0.465 e. The van der Waals surface area contributed by atoms with Gasteiger partial charge in [-0.15, -0.1) is 0 Å². The smallest absolute Gasteiger partial charge is 0.338 e. The minimum atomic E-state index is -0.470. The van der Waals surface area contributed by atoms with Crippen LogP contribution in [0.2, 0.25) is 0 Å². The Bertz CT molecular complexity index is 807. The summed E-state index contributed by atoms with van der Waals surface area (Å²) in [6, 6.07) is 11.4. The van der Waals surface area contributed by atoms with Gasteiger partial charge in [-0.25, -0.2) is 9.18 Å². The number of benzene rings is 2. The molecule has 0 bridgehead atoms. The number of para-hydroxylation sites is 1. The highest BCUT2D eigenvalue weighted by Gasteiger charge is 2.24. The zero-order valence-corrected chi connectivity index (χ0v) is 13.9. The first-order chi connectivity index (χ1) is 12.1. The molecular formula is C19H19FN2O3. The monoisotopic (exact) mass is 342 g/mol. The maximum absolute atomic E-state index is 13.7. The Labute approximate surface area is 145 Å². The predicted octanol–water partition coefficient (Wildman–Crippen LogP) is 3.00. The predicted molar refractivity (Wildman–Crippen MR) is 93.3 cm³/mol. The van der Waals surface area contributed by atoms with Gasteiger partial charge in [-0.2, -0.15) is 0 Å². The lowest BCUT2D eigenvalue weighted by Crippen LogP contribution is -2.37. The molecule has 0 aliphatic carbocycles. The van der Waals surface area contributed by atoms with E-state index in [0.29, 0.717) is 12.1 Å². The zero-order valence-electron chi connectivity index (χ0n) is 13.9. The Hall–Kier alpha value is -2.89. The number of rotatable bonds is 4. The average molecular weight is 342 g/mol. The SMILES string of the molecule is COC(=O)c1cccc2c1CCCN2CC(=O)Nc1ccccc1F. The molecule has 1 N–H and O–H groups in total. The Balaban J connectivity index is 1.78. The van der Waals surface area contributed by atoms with Crippen molar-refractivity contribution in [1.82, 2.24) is 0 Å². The number of halogens is 1. The lowest BCUT2D eigenvalue weighted by atomic mass is 9.96. The molecular weight excluding hydrogens is 323 g/mol. The lowest BCUT2D eigenvalue weighted by Gasteiger charge is -2.31. The van der Waals surface area contributed by atoms with Crippen LogP contribution in [-0.2, 0) is 16.0 Å². The summed E-state index contributed by atoms with van der Waals surface area (Å²) in [6.07, 6.45) is 1.58. The van der Waals surface area contributed by atoms with Crippen molar-refractivity contribution in [1.29, 1.82) is 0 Å². The van der Waals surface area contributed by atoms with Gasteiger partial charge in [0.1, 0.15) is 5.82 Å². The molecule has 2 aromatic rings. The fourth-order valence-corrected chi connectivity index (χ4v) is 3.09. The summed E-state index contributed by atoms with van der Waals surface area (Å²) in [5.41, 5.74) is 2.42. The maximum Gasteiger partial charge on any atom is 0.338 e. The van der Waals surface area contributed by atoms with Crippen molar-refractivity contribution in [2.45, 2.75) is 12.8 Å². The number of nitrogens with one attached hydrogen (secondary N) is 1. The van der Waals surface area contributed by atoms with Gasteiger partial charge in [0.2, 0.25) is 5.91 Å². The normalized spacial score (nSPS) is 13.1. The summed E-state index contributed by atoms with van der Waals surface area (Å²) in [6.45, 7) is 0.786. The van der Waals surface area contributed by atoms with Gasteiger partial charge in [-0.05, 0) is 42.7 Å². The van der Waals surface area contributed by atoms with Gasteiger partial charge < -0.3 is 15.0 Å². The Morgan fingerprint density at radius 1 is 1.20 bits per heavy atom. The van der Waals surface area contributed by atoms with Crippen LogP contribution >= 0.6 is 0 Å². The molecule has 6 heteroatoms. The molecule has 1 aliphatic rings. The van der Waals surface area contributed by atoms with E-state index in [4.69, 9.17) is 4.74 Å². The summed E-state index contributed by atoms with van der Waals surface area (Å²) in [5.74, 6) is -1.15. The summed E-state index contributed by atoms with van der Waals surface area (Å²) in [5, 5.41) is 2.59. The number of fused-ring (bicyclic) bond motifs is 1. The van der Waals surface area contributed by atoms with Gasteiger partial charge in [0.25, 0.3) is 0 Å². The molecule has 0 fully saturated rings. The fraction of sp³-hybridized carbons (Fsp3) is 0.263. The third-order valence-electron chi connectivity index (χ3n) is 4.23. The Kier molecular flexibility index (Phi) is 4.97. The molecule has 2 aromatic carbocycles. The molecule has 0 spiro atoms. The van der Waals surface area contributed by atoms with Crippen molar-refractivity contribution in [2.24, 2.45) is 0 Å². The standard InChI is InChI=1S/C19H19FN2O3/c1-25-19(24)14-6-4-10-17-13(14)7-5-11-22(17)12-18(23)21-16-9-3-2-8-15(16)20/h2-4,6,8-10H,5,7,11-12H2,1H3,(H,21,23). The number of carbonyl (C=O) groups excluding carboxylic acids is 2. The number of hydrogen-bond donors (Lipinski definition) is 1. The van der Waals surface area contributed by atoms with Crippen LogP contribution in [-0.4, -0.2) is 32.1 Å². The van der Waals surface area contributed by atoms with Crippen molar-refractivity contribution in [2.75, 3.05) is 30.4 Å². The van der Waals surface area contributed by atoms with E-state index in [1.807, 2.05) is 11.0 Å². The van der Waals surface area contributed by atoms with E-state index >= 15 is 0 Å². The number of nitrogens with zero attached hydrogens (tertiary/aromatic N) is 1. The molecule has 5 nitrogen and oxygen atoms in total. The zero-order chi connectivity index (χ0) is 17.8. The highest BCUT2D eigenvalue weighted by molar-refractivity contribution is 5.96. The number of ether oxygens (including phenoxy) is 1. The van der Waals surface area contributed by atoms with Gasteiger partial charge in [-0.3, -0.25) is 4.79 Å². The first-order valence-corrected chi connectivity index (χ1v) is 8.09. The second-order valence-corrected chi connectivity index (χ2v) is 5.85. The quantitative estimate of drug-likeness (QED) is 0.868. The average Bonchev–Trinajstić information content (AvgIpc) is 2.63. The first kappa shape index (κ1) is 17.0. The minimum Gasteiger partial charge on any atom is -0.465 e. The van der Waals surface area contributed by atoms with E-state index in [-0.39, 0.29) is 24.1 Å². The number of esters is 1. The first-order valence-electron chi connectivity index (χ1n) is 8.09. The summed E-state index contributed by atoms with van der Waals surface area (Å²) in [4.78, 5) is 26.1. The third kappa shape index (κ3) is 3.63. The van der Waals surface area contributed by atoms with Crippen molar-refractivity contribution in [3.8, 4) is 0 Å². The van der Waals surface area contributed by atoms with Crippen LogP contribution in [0.25, 0.3) is 0 Å². The van der Waals surface area contributed by atoms with E-state index in [1.54, 1.807) is 24.3 Å². The van der Waals surface area contributed by atoms with Crippen LogP contribution in [0, 0.1) is 5.82 Å². The van der Waals surface area contributed by atoms with Gasteiger partial charge in [-0.1, -0.05) is 18.2 Å². The van der Waals surface area contributed by atoms with Crippen LogP contribution in [0.3, 0.4) is 0 Å². The summed E-state index contributed by atoms with van der Waals surface area (Å²) >= 11 is 0. The number of anilines is 2. The number of hydrogen-bond acceptors (Lipinski definition) is 4. The Morgan fingerprint density at radius 3 is 2.76 bits per heavy atom. The molecule has 0 saturated carbocycles. The maximum atomic E-state index is 13.7. The summed E-state index contributed by atoms with van der Waals surface area (Å²) < 4.78 is 18.5. The second-order valence-electron chi connectivity index (χ2n) is 5.85. The van der Waals surface area contributed by atoms with Gasteiger partial charge >= 0.3 is 5.97 Å². The van der Waals surface area contributed by atoms with E-state index in [2.05, 4.69) is 5.32 Å². The summed E-state index contributed by atoms with van der Waals surface area (Å²) in [7, 11) is 1.35. The van der Waals surface area contributed by atoms with Crippen molar-refractivity contribution >= 4 is 23.3 Å². The fourth-order valence-electron chi connectivity index (χ4n) is 3.09. The van der Waals surface area contributed by atoms with E-state index in [0.717, 1.165) is 24.1 Å². The topological polar surface area (TPSA) is 58.6 Å². The molecule has 0 aromatic heterocycles. The minimum absolute atomic E-state index is 0.0892. The third-order valence-corrected chi connectivity index (χ3v) is 4.23. The van der Waals surface area contributed by atoms with Gasteiger partial charge in [0.05, 0.1) is 24.9 Å². The van der Waals surface area contributed by atoms with Gasteiger partial charge in [0.15, 0.2) is 0 Å². The van der Waals surface area contributed by atoms with Gasteiger partial charge in [0, 0.05) is 12.2 Å². The molecule has 1 amide bonds. The van der Waals surface area contributed by atoms with Crippen LogP contribution in [0.5, 0.6) is 0 Å². The van der Waals surface area contributed by atoms with E-state index in [9.17, 15) is 14.0 Å². The lowest BCUT2D eigenvalue weighted by molar-refractivity contribution is -0.115. The number of methoxy groups -OCH3 is 1. The molecule has 1 aliphatic heterocycles. The molecule has 25 heavy (non-hydrogen) atoms. The molecule has 130 valence electrons. The van der Waals surface area contributed by atoms with Crippen molar-refractivity contribution in [3.63, 3.8) is 0 Å². The molecule has 3 rings (SSSR count). The molecule has 0 unspecified atom stereocenters. The molecule has 1 heterocycles. The highest BCUT2D eigenvalue weighted by atomic mass is 19.1. The van der Waals surface area contributed by atoms with Crippen molar-refractivity contribution in [3.05, 3.63) is 59.4 Å².